The number of amides is 1. The number of rotatable bonds is 2. The Hall–Kier alpha value is -2.46. The summed E-state index contributed by atoms with van der Waals surface area (Å²) in [5.74, 6) is -2.75. The first-order valence-corrected chi connectivity index (χ1v) is 8.67. The van der Waals surface area contributed by atoms with Gasteiger partial charge in [-0.05, 0) is 34.6 Å². The summed E-state index contributed by atoms with van der Waals surface area (Å²) in [6, 6.07) is -1.13. The van der Waals surface area contributed by atoms with E-state index in [1.807, 2.05) is 0 Å². The van der Waals surface area contributed by atoms with Crippen LogP contribution in [0.5, 0.6) is 0 Å². The van der Waals surface area contributed by atoms with Crippen molar-refractivity contribution in [3.8, 4) is 0 Å². The van der Waals surface area contributed by atoms with E-state index in [1.54, 1.807) is 34.6 Å². The number of nitrogens with zero attached hydrogens (tertiary/aromatic N) is 3. The number of methoxy groups -OCH3 is 1. The van der Waals surface area contributed by atoms with E-state index in [4.69, 9.17) is 9.15 Å². The fourth-order valence-electron chi connectivity index (χ4n) is 3.02. The third-order valence-corrected chi connectivity index (χ3v) is 4.05. The normalized spacial score (nSPS) is 20.9. The molecule has 1 saturated heterocycles. The number of esters is 1. The number of ether oxygens (including phenoxy) is 2. The van der Waals surface area contributed by atoms with Crippen LogP contribution in [0.2, 0.25) is 0 Å². The van der Waals surface area contributed by atoms with Crippen molar-refractivity contribution >= 4 is 18.1 Å². The van der Waals surface area contributed by atoms with Crippen LogP contribution >= 0.6 is 0 Å². The number of carbonyl (C=O) groups is 2. The van der Waals surface area contributed by atoms with Crippen LogP contribution in [0.4, 0.5) is 24.0 Å². The lowest BCUT2D eigenvalue weighted by atomic mass is 10.1. The smallest absolute Gasteiger partial charge is 0.452 e. The summed E-state index contributed by atoms with van der Waals surface area (Å²) in [7, 11) is 0.959. The van der Waals surface area contributed by atoms with Crippen molar-refractivity contribution in [1.29, 1.82) is 0 Å². The Labute approximate surface area is 160 Å². The molecule has 0 radical (unpaired) electrons. The quantitative estimate of drug-likeness (QED) is 0.696. The molecule has 2 heterocycles. The molecule has 0 saturated carbocycles. The largest absolute Gasteiger partial charge is 0.464 e. The molecule has 2 rings (SSSR count). The molecule has 8 nitrogen and oxygen atoms in total. The van der Waals surface area contributed by atoms with Gasteiger partial charge in [-0.3, -0.25) is 4.90 Å². The first-order chi connectivity index (χ1) is 12.7. The van der Waals surface area contributed by atoms with Crippen LogP contribution in [-0.4, -0.2) is 59.8 Å². The molecule has 0 N–H and O–H groups in total. The lowest BCUT2D eigenvalue weighted by molar-refractivity contribution is -0.153. The zero-order chi connectivity index (χ0) is 21.4. The second-order valence-corrected chi connectivity index (χ2v) is 7.65. The maximum atomic E-state index is 13.2. The summed E-state index contributed by atoms with van der Waals surface area (Å²) in [6.45, 7) is 9.02. The fraction of sp³-hybridized carbons (Fsp3) is 0.706. The molecule has 2 atom stereocenters. The van der Waals surface area contributed by atoms with Gasteiger partial charge in [0.25, 0.3) is 6.01 Å². The molecule has 1 aromatic rings. The molecule has 11 heteroatoms. The molecule has 1 aliphatic rings. The number of anilines is 1. The second-order valence-electron chi connectivity index (χ2n) is 7.65. The molecule has 28 heavy (non-hydrogen) atoms. The molecule has 1 aliphatic heterocycles. The minimum absolute atomic E-state index is 0.155. The van der Waals surface area contributed by atoms with Crippen LogP contribution in [0.15, 0.2) is 4.42 Å². The summed E-state index contributed by atoms with van der Waals surface area (Å²) in [5.41, 5.74) is -1.60. The Morgan fingerprint density at radius 2 is 1.68 bits per heavy atom. The maximum Gasteiger partial charge on any atom is 0.452 e. The van der Waals surface area contributed by atoms with Crippen LogP contribution in [-0.2, 0) is 15.7 Å². The van der Waals surface area contributed by atoms with Gasteiger partial charge in [-0.2, -0.15) is 18.2 Å². The van der Waals surface area contributed by atoms with Crippen molar-refractivity contribution in [2.45, 2.75) is 58.5 Å². The van der Waals surface area contributed by atoms with Crippen molar-refractivity contribution in [3.63, 3.8) is 0 Å². The first kappa shape index (κ1) is 21.8. The Morgan fingerprint density at radius 3 is 2.11 bits per heavy atom. The number of piperazine rings is 1. The predicted octanol–water partition coefficient (Wildman–Crippen LogP) is 3.31. The molecular weight excluding hydrogens is 383 g/mol. The molecule has 0 aromatic carbocycles. The highest BCUT2D eigenvalue weighted by Gasteiger charge is 2.44. The third-order valence-electron chi connectivity index (χ3n) is 4.05. The monoisotopic (exact) mass is 407 g/mol. The van der Waals surface area contributed by atoms with Crippen LogP contribution in [0, 0.1) is 0 Å². The van der Waals surface area contributed by atoms with Crippen LogP contribution in [0.3, 0.4) is 0 Å². The highest BCUT2D eigenvalue weighted by molar-refractivity contribution is 5.88. The Balaban J connectivity index is 2.26. The Bertz CT molecular complexity index is 729. The third kappa shape index (κ3) is 4.68. The summed E-state index contributed by atoms with van der Waals surface area (Å²) >= 11 is 0. The van der Waals surface area contributed by atoms with E-state index in [0.29, 0.717) is 0 Å². The average molecular weight is 407 g/mol. The van der Waals surface area contributed by atoms with Gasteiger partial charge in [-0.25, -0.2) is 9.59 Å². The summed E-state index contributed by atoms with van der Waals surface area (Å²) < 4.78 is 54.1. The fourth-order valence-corrected chi connectivity index (χ4v) is 3.02. The molecule has 158 valence electrons. The summed E-state index contributed by atoms with van der Waals surface area (Å²) in [6.07, 6.45) is -5.41. The van der Waals surface area contributed by atoms with Crippen molar-refractivity contribution in [3.05, 3.63) is 11.5 Å². The van der Waals surface area contributed by atoms with Crippen LogP contribution < -0.4 is 4.90 Å². The summed E-state index contributed by atoms with van der Waals surface area (Å²) in [5, 5.41) is 0. The zero-order valence-electron chi connectivity index (χ0n) is 16.6. The number of carbonyl (C=O) groups excluding carboxylic acids is 2. The van der Waals surface area contributed by atoms with E-state index in [-0.39, 0.29) is 31.2 Å². The Morgan fingerprint density at radius 1 is 1.14 bits per heavy atom. The Kier molecular flexibility index (Phi) is 5.86. The van der Waals surface area contributed by atoms with E-state index in [9.17, 15) is 22.8 Å². The van der Waals surface area contributed by atoms with E-state index in [0.717, 1.165) is 7.11 Å². The number of aromatic nitrogens is 1. The molecular formula is C17H24F3N3O5. The van der Waals surface area contributed by atoms with Crippen molar-refractivity contribution in [1.82, 2.24) is 9.88 Å². The van der Waals surface area contributed by atoms with Gasteiger partial charge in [-0.15, -0.1) is 0 Å². The van der Waals surface area contributed by atoms with E-state index < -0.39 is 35.3 Å². The number of hydrogen-bond acceptors (Lipinski definition) is 7. The minimum atomic E-state index is -4.90. The van der Waals surface area contributed by atoms with Gasteiger partial charge < -0.3 is 18.8 Å². The molecule has 1 aromatic heterocycles. The van der Waals surface area contributed by atoms with Gasteiger partial charge in [0.15, 0.2) is 0 Å². The standard InChI is InChI=1S/C17H24F3N3O5/c1-9-7-22(8-10(2)23(9)15(25)28-16(3,4)5)14-21-11(13(24)26-6)12(27-14)17(18,19)20/h9-10H,7-8H2,1-6H3/t9-,10+. The van der Waals surface area contributed by atoms with Crippen molar-refractivity contribution in [2.75, 3.05) is 25.1 Å². The number of hydrogen-bond donors (Lipinski definition) is 0. The topological polar surface area (TPSA) is 85.1 Å². The van der Waals surface area contributed by atoms with Crippen LogP contribution in [0.1, 0.15) is 50.9 Å². The van der Waals surface area contributed by atoms with Crippen molar-refractivity contribution < 1.29 is 36.7 Å². The lowest BCUT2D eigenvalue weighted by Gasteiger charge is -2.43. The molecule has 0 spiro atoms. The van der Waals surface area contributed by atoms with Gasteiger partial charge in [0.2, 0.25) is 11.5 Å². The maximum absolute atomic E-state index is 13.2. The summed E-state index contributed by atoms with van der Waals surface area (Å²) in [4.78, 5) is 30.8. The highest BCUT2D eigenvalue weighted by Crippen LogP contribution is 2.36. The molecule has 0 unspecified atom stereocenters. The minimum Gasteiger partial charge on any atom is -0.464 e. The number of halogens is 3. The van der Waals surface area contributed by atoms with Gasteiger partial charge in [0.1, 0.15) is 5.60 Å². The SMILES string of the molecule is COC(=O)c1nc(N2C[C@@H](C)N(C(=O)OC(C)(C)C)[C@@H](C)C2)oc1C(F)(F)F. The van der Waals surface area contributed by atoms with Gasteiger partial charge in [0.05, 0.1) is 19.2 Å². The van der Waals surface area contributed by atoms with Gasteiger partial charge in [-0.1, -0.05) is 0 Å². The van der Waals surface area contributed by atoms with Gasteiger partial charge >= 0.3 is 18.2 Å². The number of alkyl halides is 3. The first-order valence-electron chi connectivity index (χ1n) is 8.67. The number of oxazole rings is 1. The van der Waals surface area contributed by atoms with E-state index >= 15 is 0 Å². The second kappa shape index (κ2) is 7.51. The zero-order valence-corrected chi connectivity index (χ0v) is 16.6. The van der Waals surface area contributed by atoms with E-state index in [1.165, 1.54) is 9.80 Å². The molecule has 0 aliphatic carbocycles. The highest BCUT2D eigenvalue weighted by atomic mass is 19.4. The molecule has 0 bridgehead atoms. The predicted molar refractivity (Wildman–Crippen MR) is 92.1 cm³/mol. The molecule has 1 amide bonds. The van der Waals surface area contributed by atoms with Gasteiger partial charge in [0, 0.05) is 13.1 Å². The van der Waals surface area contributed by atoms with E-state index in [2.05, 4.69) is 9.72 Å². The average Bonchev–Trinajstić information content (AvgIpc) is 2.97. The van der Waals surface area contributed by atoms with Crippen LogP contribution in [0.25, 0.3) is 0 Å². The molecule has 1 fully saturated rings. The lowest BCUT2D eigenvalue weighted by Crippen LogP contribution is -2.59. The van der Waals surface area contributed by atoms with Crippen molar-refractivity contribution in [2.24, 2.45) is 0 Å².